The Kier molecular flexibility index (Phi) is 15.1. The number of thiophene rings is 1. The molecule has 0 fully saturated rings. The minimum atomic E-state index is -0.726. The van der Waals surface area contributed by atoms with Crippen molar-refractivity contribution in [1.29, 1.82) is 0 Å². The third-order valence-corrected chi connectivity index (χ3v) is 12.2. The Morgan fingerprint density at radius 1 is 0.938 bits per heavy atom. The molecular formula is C48H55N9O6S. The number of aliphatic imine (C=N–C) groups is 1. The lowest BCUT2D eigenvalue weighted by Gasteiger charge is -2.21. The first-order valence-corrected chi connectivity index (χ1v) is 22.3. The highest BCUT2D eigenvalue weighted by Crippen LogP contribution is 2.36. The van der Waals surface area contributed by atoms with Crippen LogP contribution in [0.3, 0.4) is 0 Å². The Morgan fingerprint density at radius 2 is 1.67 bits per heavy atom. The van der Waals surface area contributed by atoms with Gasteiger partial charge in [0.15, 0.2) is 5.82 Å². The van der Waals surface area contributed by atoms with Gasteiger partial charge in [0.1, 0.15) is 30.3 Å². The third kappa shape index (κ3) is 10.8. The first kappa shape index (κ1) is 45.5. The molecule has 6 aromatic rings. The molecule has 0 aliphatic carbocycles. The molecule has 3 aromatic heterocycles. The monoisotopic (exact) mass is 885 g/mol. The first-order chi connectivity index (χ1) is 31.0. The van der Waals surface area contributed by atoms with Gasteiger partial charge >= 0.3 is 0 Å². The van der Waals surface area contributed by atoms with Crippen molar-refractivity contribution < 1.29 is 23.8 Å². The highest BCUT2D eigenvalue weighted by molar-refractivity contribution is 7.12. The molecule has 0 radical (unpaired) electrons. The van der Waals surface area contributed by atoms with E-state index in [0.29, 0.717) is 87.0 Å². The standard InChI is InChI=1S/C48H55N9O6S/c1-7-9-41(47(59)49-8-2)57-48(60)39-26-37(15-14-35(39)28-51-57)50-20-21-61-22-23-62-24-25-63-38-18-16-36(17-19-38)52-43(58)27-40-46-55-54-33(6)56(46)29-42-44(31(4)32(5)64-42)45(53-40)34-12-10-30(3)11-13-34/h8,10-19,26,28,40-41,50H,2,7,9,20-25,27,29H2,1,3-6H3,(H,49,59)(H,52,58)/b53-45-/t40-,41?/m0/s1. The second-order valence-electron chi connectivity index (χ2n) is 15.6. The van der Waals surface area contributed by atoms with E-state index in [2.05, 4.69) is 87.4 Å². The van der Waals surface area contributed by atoms with Crippen LogP contribution in [0, 0.1) is 27.7 Å². The number of carbonyl (C=O) groups is 2. The molecule has 4 heterocycles. The predicted molar refractivity (Wildman–Crippen MR) is 251 cm³/mol. The van der Waals surface area contributed by atoms with E-state index < -0.39 is 12.1 Å². The number of anilines is 2. The van der Waals surface area contributed by atoms with Crippen LogP contribution in [0.2, 0.25) is 0 Å². The quantitative estimate of drug-likeness (QED) is 0.0657. The molecular weight excluding hydrogens is 831 g/mol. The number of nitrogens with zero attached hydrogens (tertiary/aromatic N) is 6. The van der Waals surface area contributed by atoms with E-state index in [1.165, 1.54) is 26.2 Å². The number of hydrogen-bond acceptors (Lipinski definition) is 12. The Morgan fingerprint density at radius 3 is 2.42 bits per heavy atom. The normalized spacial score (nSPS) is 14.6. The number of nitrogens with one attached hydrogen (secondary N) is 3. The minimum Gasteiger partial charge on any atom is -0.491 e. The van der Waals surface area contributed by atoms with E-state index in [-0.39, 0.29) is 23.8 Å². The van der Waals surface area contributed by atoms with Crippen LogP contribution in [-0.2, 0) is 25.6 Å². The van der Waals surface area contributed by atoms with E-state index >= 15 is 0 Å². The zero-order valence-corrected chi connectivity index (χ0v) is 37.8. The highest BCUT2D eigenvalue weighted by Gasteiger charge is 2.30. The van der Waals surface area contributed by atoms with Crippen LogP contribution >= 0.6 is 11.3 Å². The van der Waals surface area contributed by atoms with Gasteiger partial charge in [0, 0.05) is 44.2 Å². The number of hydrogen-bond donors (Lipinski definition) is 3. The van der Waals surface area contributed by atoms with E-state index in [1.54, 1.807) is 23.6 Å². The van der Waals surface area contributed by atoms with Crippen LogP contribution in [-0.4, -0.2) is 81.7 Å². The lowest BCUT2D eigenvalue weighted by Crippen LogP contribution is -2.36. The molecule has 7 rings (SSSR count). The van der Waals surface area contributed by atoms with Crippen molar-refractivity contribution in [2.75, 3.05) is 50.2 Å². The molecule has 16 heteroatoms. The van der Waals surface area contributed by atoms with Gasteiger partial charge in [-0.2, -0.15) is 5.10 Å². The van der Waals surface area contributed by atoms with Crippen molar-refractivity contribution in [2.24, 2.45) is 4.99 Å². The summed E-state index contributed by atoms with van der Waals surface area (Å²) < 4.78 is 20.6. The SMILES string of the molecule is C=CNC(=O)C(CCC)n1ncc2ccc(NCCOCCOCCOc3ccc(NC(=O)C[C@@H]4/N=C(/c5ccc(C)cc5)c5c(sc(C)c5C)Cn5c(C)nnc54)cc3)cc2c1=O. The van der Waals surface area contributed by atoms with Gasteiger partial charge in [-0.15, -0.1) is 21.5 Å². The Balaban J connectivity index is 0.846. The second kappa shape index (κ2) is 21.3. The number of rotatable bonds is 20. The van der Waals surface area contributed by atoms with Crippen LogP contribution in [0.5, 0.6) is 5.75 Å². The van der Waals surface area contributed by atoms with Crippen LogP contribution in [0.1, 0.15) is 81.9 Å². The molecule has 1 unspecified atom stereocenters. The van der Waals surface area contributed by atoms with Gasteiger partial charge < -0.3 is 34.7 Å². The fourth-order valence-electron chi connectivity index (χ4n) is 7.60. The zero-order valence-electron chi connectivity index (χ0n) is 37.0. The fourth-order valence-corrected chi connectivity index (χ4v) is 8.77. The van der Waals surface area contributed by atoms with Gasteiger partial charge in [-0.25, -0.2) is 4.68 Å². The van der Waals surface area contributed by atoms with Crippen molar-refractivity contribution in [3.63, 3.8) is 0 Å². The van der Waals surface area contributed by atoms with Crippen LogP contribution in [0.15, 0.2) is 95.5 Å². The molecule has 1 aliphatic heterocycles. The smallest absolute Gasteiger partial charge is 0.275 e. The van der Waals surface area contributed by atoms with E-state index in [9.17, 15) is 14.4 Å². The molecule has 64 heavy (non-hydrogen) atoms. The van der Waals surface area contributed by atoms with Gasteiger partial charge in [0.25, 0.3) is 5.56 Å². The Labute approximate surface area is 376 Å². The van der Waals surface area contributed by atoms with Crippen LogP contribution < -0.4 is 26.2 Å². The third-order valence-electron chi connectivity index (χ3n) is 11.0. The summed E-state index contributed by atoms with van der Waals surface area (Å²) in [5, 5.41) is 23.3. The number of aryl methyl sites for hydroxylation is 3. The first-order valence-electron chi connectivity index (χ1n) is 21.5. The van der Waals surface area contributed by atoms with Gasteiger partial charge in [0.05, 0.1) is 56.7 Å². The summed E-state index contributed by atoms with van der Waals surface area (Å²) in [6.45, 7) is 16.9. The zero-order chi connectivity index (χ0) is 45.2. The predicted octanol–water partition coefficient (Wildman–Crippen LogP) is 7.38. The minimum absolute atomic E-state index is 0.0899. The van der Waals surface area contributed by atoms with Crippen LogP contribution in [0.4, 0.5) is 11.4 Å². The van der Waals surface area contributed by atoms with E-state index in [1.807, 2.05) is 50.2 Å². The van der Waals surface area contributed by atoms with Gasteiger partial charge in [0.2, 0.25) is 11.8 Å². The Hall–Kier alpha value is -6.49. The molecule has 334 valence electrons. The number of ether oxygens (including phenoxy) is 3. The van der Waals surface area contributed by atoms with Crippen molar-refractivity contribution >= 4 is 51.0 Å². The average molecular weight is 886 g/mol. The van der Waals surface area contributed by atoms with Crippen molar-refractivity contribution in [2.45, 2.75) is 72.5 Å². The maximum Gasteiger partial charge on any atom is 0.275 e. The van der Waals surface area contributed by atoms with E-state index in [4.69, 9.17) is 19.2 Å². The largest absolute Gasteiger partial charge is 0.491 e. The van der Waals surface area contributed by atoms with Crippen molar-refractivity contribution in [1.82, 2.24) is 29.9 Å². The number of fused-ring (bicyclic) bond motifs is 3. The molecule has 2 atom stereocenters. The number of carbonyl (C=O) groups excluding carboxylic acids is 2. The summed E-state index contributed by atoms with van der Waals surface area (Å²) >= 11 is 1.77. The lowest BCUT2D eigenvalue weighted by atomic mass is 9.96. The number of aromatic nitrogens is 5. The summed E-state index contributed by atoms with van der Waals surface area (Å²) in [4.78, 5) is 47.3. The molecule has 0 spiro atoms. The molecule has 2 amide bonds. The van der Waals surface area contributed by atoms with Gasteiger partial charge in [-0.05, 0) is 82.3 Å². The molecule has 0 saturated carbocycles. The highest BCUT2D eigenvalue weighted by atomic mass is 32.1. The molecule has 3 N–H and O–H groups in total. The molecule has 15 nitrogen and oxygen atoms in total. The average Bonchev–Trinajstić information content (AvgIpc) is 3.78. The summed E-state index contributed by atoms with van der Waals surface area (Å²) in [5.41, 5.74) is 6.43. The van der Waals surface area contributed by atoms with E-state index in [0.717, 1.165) is 33.9 Å². The summed E-state index contributed by atoms with van der Waals surface area (Å²) in [7, 11) is 0. The molecule has 0 bridgehead atoms. The Bertz CT molecular complexity index is 2690. The number of benzene rings is 3. The topological polar surface area (TPSA) is 176 Å². The second-order valence-corrected chi connectivity index (χ2v) is 16.9. The molecule has 3 aromatic carbocycles. The van der Waals surface area contributed by atoms with Gasteiger partial charge in [-0.3, -0.25) is 19.4 Å². The fraction of sp³-hybridized carbons (Fsp3) is 0.354. The van der Waals surface area contributed by atoms with Crippen molar-refractivity contribution in [3.8, 4) is 5.75 Å². The van der Waals surface area contributed by atoms with Crippen LogP contribution in [0.25, 0.3) is 10.8 Å². The summed E-state index contributed by atoms with van der Waals surface area (Å²) in [5.74, 6) is 1.59. The molecule has 1 aliphatic rings. The maximum atomic E-state index is 13.6. The number of amides is 2. The lowest BCUT2D eigenvalue weighted by molar-refractivity contribution is -0.124. The van der Waals surface area contributed by atoms with Gasteiger partial charge in [-0.1, -0.05) is 55.8 Å². The molecule has 0 saturated heterocycles. The summed E-state index contributed by atoms with van der Waals surface area (Å²) in [6.07, 6.45) is 4.18. The maximum absolute atomic E-state index is 13.6. The van der Waals surface area contributed by atoms with Crippen molar-refractivity contribution in [3.05, 3.63) is 140 Å². The summed E-state index contributed by atoms with van der Waals surface area (Å²) in [6, 6.07) is 19.8.